The molecule has 0 radical (unpaired) electrons. The van der Waals surface area contributed by atoms with E-state index in [1.807, 2.05) is 35.0 Å². The van der Waals surface area contributed by atoms with Crippen molar-refractivity contribution >= 4 is 62.8 Å². The van der Waals surface area contributed by atoms with Gasteiger partial charge in [-0.1, -0.05) is 54.3 Å². The van der Waals surface area contributed by atoms with E-state index in [0.29, 0.717) is 14.9 Å². The second-order valence-electron chi connectivity index (χ2n) is 7.16. The minimum Gasteiger partial charge on any atom is -0.467 e. The molecule has 32 heavy (non-hydrogen) atoms. The van der Waals surface area contributed by atoms with Crippen LogP contribution in [-0.4, -0.2) is 33.1 Å². The molecule has 7 nitrogen and oxygen atoms in total. The van der Waals surface area contributed by atoms with E-state index >= 15 is 0 Å². The number of carbonyl (C=O) groups is 2. The third-order valence-corrected chi connectivity index (χ3v) is 6.54. The van der Waals surface area contributed by atoms with Gasteiger partial charge in [0.15, 0.2) is 4.32 Å². The van der Waals surface area contributed by atoms with Crippen LogP contribution < -0.4 is 4.90 Å². The lowest BCUT2D eigenvalue weighted by molar-refractivity contribution is -0.253. The standard InChI is InChI=1S/C23H20N2O5S2/c1-14(22(27)29-2)24-12-16(18-5-3-4-6-19(18)24)11-20-21(26)25(23(31)32-20)17-9-7-15(8-10-17)13-30-28/h3-12,14,28H,13H2,1-2H3. The number of hydrogen-bond donors (Lipinski definition) is 1. The fraction of sp³-hybridized carbons (Fsp3) is 0.174. The topological polar surface area (TPSA) is 81.0 Å². The Balaban J connectivity index is 1.69. The van der Waals surface area contributed by atoms with Crippen LogP contribution in [0.4, 0.5) is 5.69 Å². The molecule has 0 saturated carbocycles. The molecule has 9 heteroatoms. The lowest BCUT2D eigenvalue weighted by atomic mass is 10.1. The monoisotopic (exact) mass is 468 g/mol. The number of methoxy groups -OCH3 is 1. The van der Waals surface area contributed by atoms with E-state index < -0.39 is 6.04 Å². The fourth-order valence-corrected chi connectivity index (χ4v) is 4.89. The number of anilines is 1. The average Bonchev–Trinajstić information content (AvgIpc) is 3.30. The van der Waals surface area contributed by atoms with Crippen LogP contribution >= 0.6 is 24.0 Å². The third kappa shape index (κ3) is 4.07. The Hall–Kier alpha value is -2.98. The molecular formula is C23H20N2O5S2. The second-order valence-corrected chi connectivity index (χ2v) is 8.84. The predicted molar refractivity (Wildman–Crippen MR) is 128 cm³/mol. The van der Waals surface area contributed by atoms with Crippen LogP contribution in [0.25, 0.3) is 17.0 Å². The van der Waals surface area contributed by atoms with Crippen LogP contribution in [-0.2, 0) is 25.8 Å². The van der Waals surface area contributed by atoms with Gasteiger partial charge < -0.3 is 9.30 Å². The van der Waals surface area contributed by atoms with Gasteiger partial charge in [-0.2, -0.15) is 0 Å². The molecule has 1 N–H and O–H groups in total. The summed E-state index contributed by atoms with van der Waals surface area (Å²) in [5.74, 6) is -0.567. The molecule has 4 rings (SSSR count). The van der Waals surface area contributed by atoms with Crippen molar-refractivity contribution in [2.45, 2.75) is 19.6 Å². The first-order valence-corrected chi connectivity index (χ1v) is 11.0. The number of ether oxygens (including phenoxy) is 1. The number of thiocarbonyl (C=S) groups is 1. The summed E-state index contributed by atoms with van der Waals surface area (Å²) >= 11 is 6.69. The smallest absolute Gasteiger partial charge is 0.328 e. The van der Waals surface area contributed by atoms with Crippen molar-refractivity contribution in [1.82, 2.24) is 4.57 Å². The maximum absolute atomic E-state index is 13.2. The Morgan fingerprint density at radius 3 is 2.62 bits per heavy atom. The zero-order valence-electron chi connectivity index (χ0n) is 17.3. The zero-order valence-corrected chi connectivity index (χ0v) is 19.0. The summed E-state index contributed by atoms with van der Waals surface area (Å²) in [5.41, 5.74) is 3.09. The highest BCUT2D eigenvalue weighted by atomic mass is 32.2. The molecular weight excluding hydrogens is 448 g/mol. The third-order valence-electron chi connectivity index (χ3n) is 5.24. The van der Waals surface area contributed by atoms with Gasteiger partial charge in [-0.05, 0) is 36.8 Å². The van der Waals surface area contributed by atoms with Gasteiger partial charge in [-0.15, -0.1) is 0 Å². The van der Waals surface area contributed by atoms with E-state index in [9.17, 15) is 9.59 Å². The maximum Gasteiger partial charge on any atom is 0.328 e. The van der Waals surface area contributed by atoms with E-state index in [1.54, 1.807) is 37.3 Å². The number of nitrogens with zero attached hydrogens (tertiary/aromatic N) is 2. The van der Waals surface area contributed by atoms with Crippen LogP contribution in [0.15, 0.2) is 59.6 Å². The zero-order chi connectivity index (χ0) is 22.8. The van der Waals surface area contributed by atoms with Crippen molar-refractivity contribution < 1.29 is 24.5 Å². The fourth-order valence-electron chi connectivity index (χ4n) is 3.60. The van der Waals surface area contributed by atoms with Crippen LogP contribution in [0.1, 0.15) is 24.1 Å². The number of benzene rings is 2. The molecule has 1 amide bonds. The van der Waals surface area contributed by atoms with Gasteiger partial charge in [-0.3, -0.25) is 15.0 Å². The number of carbonyl (C=O) groups excluding carboxylic acids is 2. The Labute approximate surface area is 194 Å². The Kier molecular flexibility index (Phi) is 6.43. The molecule has 3 aromatic rings. The normalized spacial score (nSPS) is 16.2. The van der Waals surface area contributed by atoms with Gasteiger partial charge in [0.1, 0.15) is 12.6 Å². The molecule has 1 unspecified atom stereocenters. The number of thioether (sulfide) groups is 1. The van der Waals surface area contributed by atoms with Gasteiger partial charge in [-0.25, -0.2) is 9.68 Å². The molecule has 0 aliphatic carbocycles. The van der Waals surface area contributed by atoms with Gasteiger partial charge in [0.05, 0.1) is 17.7 Å². The number of hydrogen-bond acceptors (Lipinski definition) is 7. The van der Waals surface area contributed by atoms with Gasteiger partial charge >= 0.3 is 5.97 Å². The van der Waals surface area contributed by atoms with Crippen LogP contribution in [0, 0.1) is 0 Å². The molecule has 0 spiro atoms. The highest BCUT2D eigenvalue weighted by Gasteiger charge is 2.33. The molecule has 1 atom stereocenters. The van der Waals surface area contributed by atoms with Crippen molar-refractivity contribution in [2.75, 3.05) is 12.0 Å². The number of rotatable bonds is 6. The van der Waals surface area contributed by atoms with E-state index in [0.717, 1.165) is 22.0 Å². The maximum atomic E-state index is 13.2. The predicted octanol–water partition coefficient (Wildman–Crippen LogP) is 4.77. The summed E-state index contributed by atoms with van der Waals surface area (Å²) < 4.78 is 7.17. The summed E-state index contributed by atoms with van der Waals surface area (Å²) in [6.07, 6.45) is 3.65. The molecule has 2 aromatic carbocycles. The van der Waals surface area contributed by atoms with Crippen LogP contribution in [0.2, 0.25) is 0 Å². The van der Waals surface area contributed by atoms with Gasteiger partial charge in [0.2, 0.25) is 0 Å². The van der Waals surface area contributed by atoms with Crippen molar-refractivity contribution in [2.24, 2.45) is 0 Å². The second kappa shape index (κ2) is 9.25. The molecule has 1 fully saturated rings. The number of esters is 1. The number of fused-ring (bicyclic) bond motifs is 1. The van der Waals surface area contributed by atoms with Gasteiger partial charge in [0.25, 0.3) is 5.91 Å². The minimum absolute atomic E-state index is 0.0621. The molecule has 1 saturated heterocycles. The van der Waals surface area contributed by atoms with Crippen LogP contribution in [0.5, 0.6) is 0 Å². The lowest BCUT2D eigenvalue weighted by Gasteiger charge is -2.14. The summed E-state index contributed by atoms with van der Waals surface area (Å²) in [5, 5.41) is 9.51. The van der Waals surface area contributed by atoms with Crippen molar-refractivity contribution in [3.8, 4) is 0 Å². The largest absolute Gasteiger partial charge is 0.467 e. The quantitative estimate of drug-likeness (QED) is 0.183. The summed E-state index contributed by atoms with van der Waals surface area (Å²) in [7, 11) is 1.36. The Morgan fingerprint density at radius 2 is 1.94 bits per heavy atom. The van der Waals surface area contributed by atoms with Crippen molar-refractivity contribution in [3.63, 3.8) is 0 Å². The lowest BCUT2D eigenvalue weighted by Crippen LogP contribution is -2.27. The number of para-hydroxylation sites is 1. The van der Waals surface area contributed by atoms with E-state index in [1.165, 1.54) is 23.8 Å². The van der Waals surface area contributed by atoms with E-state index in [2.05, 4.69) is 4.89 Å². The van der Waals surface area contributed by atoms with E-state index in [-0.39, 0.29) is 18.5 Å². The highest BCUT2D eigenvalue weighted by Crippen LogP contribution is 2.37. The summed E-state index contributed by atoms with van der Waals surface area (Å²) in [4.78, 5) is 31.4. The minimum atomic E-state index is -0.511. The molecule has 2 heterocycles. The summed E-state index contributed by atoms with van der Waals surface area (Å²) in [6.45, 7) is 1.83. The Bertz CT molecular complexity index is 1230. The van der Waals surface area contributed by atoms with E-state index in [4.69, 9.17) is 22.2 Å². The average molecular weight is 469 g/mol. The first-order valence-electron chi connectivity index (χ1n) is 9.75. The van der Waals surface area contributed by atoms with Crippen molar-refractivity contribution in [1.29, 1.82) is 0 Å². The number of aromatic nitrogens is 1. The molecule has 1 aliphatic heterocycles. The van der Waals surface area contributed by atoms with Crippen LogP contribution in [0.3, 0.4) is 0 Å². The highest BCUT2D eigenvalue weighted by molar-refractivity contribution is 8.27. The molecule has 1 aromatic heterocycles. The first-order chi connectivity index (χ1) is 15.4. The SMILES string of the molecule is COC(=O)C(C)n1cc(C=C2SC(=S)N(c3ccc(COO)cc3)C2=O)c2ccccc21. The first kappa shape index (κ1) is 22.2. The molecule has 0 bridgehead atoms. The molecule has 164 valence electrons. The molecule has 1 aliphatic rings. The van der Waals surface area contributed by atoms with Gasteiger partial charge in [0, 0.05) is 22.7 Å². The van der Waals surface area contributed by atoms with Crippen molar-refractivity contribution in [3.05, 3.63) is 70.8 Å². The number of amides is 1. The Morgan fingerprint density at radius 1 is 1.22 bits per heavy atom. The summed E-state index contributed by atoms with van der Waals surface area (Å²) in [6, 6.07) is 14.2.